The number of ether oxygens (including phenoxy) is 1. The van der Waals surface area contributed by atoms with E-state index in [1.807, 2.05) is 13.8 Å². The van der Waals surface area contributed by atoms with Crippen molar-refractivity contribution < 1.29 is 21.6 Å². The van der Waals surface area contributed by atoms with Gasteiger partial charge in [0, 0.05) is 17.8 Å². The molecule has 0 aliphatic rings. The Labute approximate surface area is 163 Å². The minimum atomic E-state index is -3.66. The number of halogens is 1. The third-order valence-electron chi connectivity index (χ3n) is 4.26. The third kappa shape index (κ3) is 7.79. The molecule has 0 bridgehead atoms. The van der Waals surface area contributed by atoms with Crippen LogP contribution in [0.2, 0.25) is 0 Å². The van der Waals surface area contributed by atoms with Crippen molar-refractivity contribution in [3.05, 3.63) is 24.3 Å². The Morgan fingerprint density at radius 2 is 1.58 bits per heavy atom. The Hall–Kier alpha value is -0.870. The zero-order valence-electron chi connectivity index (χ0n) is 15.4. The molecule has 3 N–H and O–H groups in total. The van der Waals surface area contributed by atoms with Gasteiger partial charge in [0.2, 0.25) is 10.0 Å². The first-order valence-electron chi connectivity index (χ1n) is 8.29. The first-order valence-corrected chi connectivity index (χ1v) is 11.6. The van der Waals surface area contributed by atoms with Gasteiger partial charge in [-0.1, -0.05) is 20.8 Å². The molecule has 0 aromatic heterocycles. The molecule has 0 saturated heterocycles. The maximum Gasteiger partial charge on any atom is 0.240 e. The normalized spacial score (nSPS) is 12.5. The summed E-state index contributed by atoms with van der Waals surface area (Å²) in [6, 6.07) is 5.84. The van der Waals surface area contributed by atoms with E-state index in [1.165, 1.54) is 24.3 Å². The highest BCUT2D eigenvalue weighted by Crippen LogP contribution is 2.17. The molecule has 0 atom stereocenters. The Bertz CT molecular complexity index is 745. The summed E-state index contributed by atoms with van der Waals surface area (Å²) in [7, 11) is -6.75. The Balaban J connectivity index is 0.00000625. The summed E-state index contributed by atoms with van der Waals surface area (Å²) in [5, 5.41) is 0. The summed E-state index contributed by atoms with van der Waals surface area (Å²) in [5.74, 6) is 0.412. The zero-order chi connectivity index (χ0) is 19.1. The predicted octanol–water partition coefficient (Wildman–Crippen LogP) is 1.72. The second-order valence-corrected chi connectivity index (χ2v) is 10.2. The topological polar surface area (TPSA) is 116 Å². The summed E-state index contributed by atoms with van der Waals surface area (Å²) in [6.45, 7) is 5.61. The molecular weight excluding hydrogens is 400 g/mol. The van der Waals surface area contributed by atoms with Crippen LogP contribution in [0.5, 0.6) is 5.75 Å². The van der Waals surface area contributed by atoms with E-state index >= 15 is 0 Å². The van der Waals surface area contributed by atoms with E-state index in [0.29, 0.717) is 18.6 Å². The van der Waals surface area contributed by atoms with Gasteiger partial charge in [0.15, 0.2) is 9.84 Å². The molecule has 26 heavy (non-hydrogen) atoms. The Morgan fingerprint density at radius 1 is 1.04 bits per heavy atom. The van der Waals surface area contributed by atoms with E-state index in [4.69, 9.17) is 10.5 Å². The number of sulfonamides is 1. The molecule has 0 spiro atoms. The van der Waals surface area contributed by atoms with Crippen LogP contribution in [-0.2, 0) is 19.9 Å². The van der Waals surface area contributed by atoms with Gasteiger partial charge in [-0.2, -0.15) is 0 Å². The first-order chi connectivity index (χ1) is 11.6. The average Bonchev–Trinajstić information content (AvgIpc) is 2.60. The van der Waals surface area contributed by atoms with Gasteiger partial charge in [-0.3, -0.25) is 0 Å². The van der Waals surface area contributed by atoms with E-state index in [1.54, 1.807) is 6.92 Å². The molecule has 10 heteroatoms. The molecule has 0 heterocycles. The number of hydrogen-bond donors (Lipinski definition) is 2. The summed E-state index contributed by atoms with van der Waals surface area (Å²) in [5.41, 5.74) is 5.54. The van der Waals surface area contributed by atoms with Crippen LogP contribution in [-0.4, -0.2) is 47.0 Å². The first kappa shape index (κ1) is 25.1. The van der Waals surface area contributed by atoms with E-state index < -0.39 is 25.4 Å². The van der Waals surface area contributed by atoms with Crippen LogP contribution < -0.4 is 15.2 Å². The largest absolute Gasteiger partial charge is 0.493 e. The molecule has 0 aliphatic carbocycles. The standard InChI is InChI=1S/C16H28N2O5S2.ClH/c1-4-16(17,5-2)13-18-25(21,22)15-9-7-14(8-10-15)23-11-12-24(19,20)6-3;/h7-10,18H,4-6,11-13,17H2,1-3H3;1H. The van der Waals surface area contributed by atoms with Gasteiger partial charge in [-0.25, -0.2) is 21.6 Å². The van der Waals surface area contributed by atoms with Gasteiger partial charge < -0.3 is 10.5 Å². The second kappa shape index (κ2) is 10.5. The molecule has 0 amide bonds. The van der Waals surface area contributed by atoms with Crippen LogP contribution in [0.25, 0.3) is 0 Å². The fourth-order valence-electron chi connectivity index (χ4n) is 1.97. The number of rotatable bonds is 11. The predicted molar refractivity (Wildman–Crippen MR) is 106 cm³/mol. The second-order valence-electron chi connectivity index (χ2n) is 5.95. The molecule has 0 unspecified atom stereocenters. The third-order valence-corrected chi connectivity index (χ3v) is 7.34. The number of hydrogen-bond acceptors (Lipinski definition) is 6. The quantitative estimate of drug-likeness (QED) is 0.554. The van der Waals surface area contributed by atoms with Crippen molar-refractivity contribution in [3.63, 3.8) is 0 Å². The Morgan fingerprint density at radius 3 is 2.04 bits per heavy atom. The molecule has 1 aromatic rings. The highest BCUT2D eigenvalue weighted by atomic mass is 35.5. The van der Waals surface area contributed by atoms with Gasteiger partial charge in [0.1, 0.15) is 12.4 Å². The lowest BCUT2D eigenvalue weighted by Gasteiger charge is -2.26. The monoisotopic (exact) mass is 428 g/mol. The van der Waals surface area contributed by atoms with Gasteiger partial charge in [-0.15, -0.1) is 12.4 Å². The van der Waals surface area contributed by atoms with Gasteiger partial charge in [0.25, 0.3) is 0 Å². The molecule has 0 radical (unpaired) electrons. The summed E-state index contributed by atoms with van der Waals surface area (Å²) in [4.78, 5) is 0.107. The molecule has 0 fully saturated rings. The maximum atomic E-state index is 12.3. The van der Waals surface area contributed by atoms with Crippen LogP contribution in [0, 0.1) is 0 Å². The van der Waals surface area contributed by atoms with E-state index in [2.05, 4.69) is 4.72 Å². The molecule has 1 rings (SSSR count). The van der Waals surface area contributed by atoms with Gasteiger partial charge in [-0.05, 0) is 37.1 Å². The minimum Gasteiger partial charge on any atom is -0.493 e. The smallest absolute Gasteiger partial charge is 0.240 e. The van der Waals surface area contributed by atoms with E-state index in [9.17, 15) is 16.8 Å². The lowest BCUT2D eigenvalue weighted by Crippen LogP contribution is -2.49. The molecular formula is C16H29ClN2O5S2. The van der Waals surface area contributed by atoms with Crippen molar-refractivity contribution in [2.75, 3.05) is 24.7 Å². The summed E-state index contributed by atoms with van der Waals surface area (Å²) in [6.07, 6.45) is 1.33. The van der Waals surface area contributed by atoms with E-state index in [0.717, 1.165) is 0 Å². The maximum absolute atomic E-state index is 12.3. The summed E-state index contributed by atoms with van der Waals surface area (Å²) >= 11 is 0. The molecule has 152 valence electrons. The molecule has 0 aliphatic heterocycles. The average molecular weight is 429 g/mol. The van der Waals surface area contributed by atoms with Crippen molar-refractivity contribution in [1.82, 2.24) is 4.72 Å². The number of sulfone groups is 1. The molecule has 0 saturated carbocycles. The van der Waals surface area contributed by atoms with Crippen molar-refractivity contribution in [2.45, 2.75) is 44.0 Å². The molecule has 1 aromatic carbocycles. The van der Waals surface area contributed by atoms with Gasteiger partial charge >= 0.3 is 0 Å². The van der Waals surface area contributed by atoms with Crippen molar-refractivity contribution in [1.29, 1.82) is 0 Å². The van der Waals surface area contributed by atoms with Crippen LogP contribution in [0.3, 0.4) is 0 Å². The van der Waals surface area contributed by atoms with E-state index in [-0.39, 0.29) is 42.0 Å². The van der Waals surface area contributed by atoms with Crippen LogP contribution in [0.15, 0.2) is 29.2 Å². The summed E-state index contributed by atoms with van der Waals surface area (Å²) < 4.78 is 55.3. The lowest BCUT2D eigenvalue weighted by atomic mass is 9.95. The Kier molecular flexibility index (Phi) is 10.1. The minimum absolute atomic E-state index is 0. The molecule has 7 nitrogen and oxygen atoms in total. The fourth-order valence-corrected chi connectivity index (χ4v) is 3.73. The highest BCUT2D eigenvalue weighted by Gasteiger charge is 2.24. The van der Waals surface area contributed by atoms with Crippen molar-refractivity contribution in [3.8, 4) is 5.75 Å². The van der Waals surface area contributed by atoms with Crippen molar-refractivity contribution >= 4 is 32.3 Å². The zero-order valence-corrected chi connectivity index (χ0v) is 17.8. The van der Waals surface area contributed by atoms with Crippen molar-refractivity contribution in [2.24, 2.45) is 5.73 Å². The number of nitrogens with one attached hydrogen (secondary N) is 1. The number of benzene rings is 1. The van der Waals surface area contributed by atoms with Crippen LogP contribution in [0.4, 0.5) is 0 Å². The number of nitrogens with two attached hydrogens (primary N) is 1. The fraction of sp³-hybridized carbons (Fsp3) is 0.625. The highest BCUT2D eigenvalue weighted by molar-refractivity contribution is 7.91. The SMILES string of the molecule is CCC(N)(CC)CNS(=O)(=O)c1ccc(OCCS(=O)(=O)CC)cc1.Cl. The lowest BCUT2D eigenvalue weighted by molar-refractivity contribution is 0.340. The van der Waals surface area contributed by atoms with Gasteiger partial charge in [0.05, 0.1) is 10.6 Å². The van der Waals surface area contributed by atoms with Crippen LogP contribution >= 0.6 is 12.4 Å². The van der Waals surface area contributed by atoms with Crippen LogP contribution in [0.1, 0.15) is 33.6 Å².